The molecule has 302 valence electrons. The zero-order valence-electron chi connectivity index (χ0n) is 35.5. The van der Waals surface area contributed by atoms with Crippen molar-refractivity contribution in [2.45, 2.75) is 13.8 Å². The highest BCUT2D eigenvalue weighted by Crippen LogP contribution is 2.49. The van der Waals surface area contributed by atoms with Gasteiger partial charge in [-0.15, -0.1) is 0 Å². The van der Waals surface area contributed by atoms with Crippen LogP contribution in [-0.4, -0.2) is 0 Å². The lowest BCUT2D eigenvalue weighted by molar-refractivity contribution is 1.24. The molecule has 0 radical (unpaired) electrons. The van der Waals surface area contributed by atoms with Gasteiger partial charge in [0, 0.05) is 50.6 Å². The first-order valence-electron chi connectivity index (χ1n) is 21.6. The van der Waals surface area contributed by atoms with Crippen molar-refractivity contribution in [3.8, 4) is 22.3 Å². The Morgan fingerprint density at radius 1 is 0.254 bits per heavy atom. The van der Waals surface area contributed by atoms with Gasteiger partial charge in [-0.25, -0.2) is 0 Å². The first-order chi connectivity index (χ1) is 31.1. The standard InChI is InChI=1S/C60H47N3/c1-44-20-17-32-51(40-44)61(49-28-11-5-12-29-49)59-42-53(36-38-56(59)46-22-7-3-8-23-46)63(58-35-19-27-48-26-15-16-34-55(48)58)54-37-39-57(47-24-9-4-10-25-47)60(43-54)62(50-30-13-6-14-31-50)52-33-18-21-45(2)41-52/h3-43H,1-2H3. The molecule has 3 heteroatoms. The van der Waals surface area contributed by atoms with E-state index in [0.29, 0.717) is 0 Å². The Labute approximate surface area is 371 Å². The van der Waals surface area contributed by atoms with E-state index < -0.39 is 0 Å². The monoisotopic (exact) mass is 809 g/mol. The minimum absolute atomic E-state index is 1.04. The van der Waals surface area contributed by atoms with Gasteiger partial charge in [0.05, 0.1) is 17.1 Å². The number of fused-ring (bicyclic) bond motifs is 1. The average Bonchev–Trinajstić information content (AvgIpc) is 3.33. The normalized spacial score (nSPS) is 11.0. The fraction of sp³-hybridized carbons (Fsp3) is 0.0333. The van der Waals surface area contributed by atoms with Crippen LogP contribution in [0.2, 0.25) is 0 Å². The van der Waals surface area contributed by atoms with Crippen LogP contribution in [0.15, 0.2) is 249 Å². The number of aryl methyl sites for hydroxylation is 2. The van der Waals surface area contributed by atoms with Crippen LogP contribution in [0.5, 0.6) is 0 Å². The zero-order valence-corrected chi connectivity index (χ0v) is 35.5. The predicted octanol–water partition coefficient (Wildman–Crippen LogP) is 17.2. The van der Waals surface area contributed by atoms with E-state index >= 15 is 0 Å². The van der Waals surface area contributed by atoms with Crippen molar-refractivity contribution in [3.05, 3.63) is 260 Å². The van der Waals surface area contributed by atoms with Crippen LogP contribution in [-0.2, 0) is 0 Å². The third-order valence-electron chi connectivity index (χ3n) is 11.7. The number of nitrogens with zero attached hydrogens (tertiary/aromatic N) is 3. The average molecular weight is 810 g/mol. The molecule has 10 rings (SSSR count). The van der Waals surface area contributed by atoms with E-state index in [-0.39, 0.29) is 0 Å². The minimum Gasteiger partial charge on any atom is -0.310 e. The van der Waals surface area contributed by atoms with E-state index in [9.17, 15) is 0 Å². The zero-order chi connectivity index (χ0) is 42.5. The lowest BCUT2D eigenvalue weighted by Gasteiger charge is -2.33. The molecule has 0 saturated carbocycles. The second-order valence-electron chi connectivity index (χ2n) is 16.0. The van der Waals surface area contributed by atoms with Crippen molar-refractivity contribution in [3.63, 3.8) is 0 Å². The molecule has 3 nitrogen and oxygen atoms in total. The van der Waals surface area contributed by atoms with E-state index in [1.54, 1.807) is 0 Å². The van der Waals surface area contributed by atoms with Crippen molar-refractivity contribution in [1.29, 1.82) is 0 Å². The molecular weight excluding hydrogens is 763 g/mol. The molecule has 0 aliphatic rings. The molecule has 0 saturated heterocycles. The summed E-state index contributed by atoms with van der Waals surface area (Å²) in [5, 5.41) is 2.35. The van der Waals surface area contributed by atoms with Gasteiger partial charge < -0.3 is 14.7 Å². The summed E-state index contributed by atoms with van der Waals surface area (Å²) in [4.78, 5) is 7.25. The Morgan fingerprint density at radius 3 is 1.10 bits per heavy atom. The van der Waals surface area contributed by atoms with Crippen LogP contribution in [0, 0.1) is 13.8 Å². The molecule has 0 amide bonds. The van der Waals surface area contributed by atoms with E-state index in [4.69, 9.17) is 0 Å². The Bertz CT molecular complexity index is 2960. The van der Waals surface area contributed by atoms with Crippen LogP contribution in [0.4, 0.5) is 51.2 Å². The Hall–Kier alpha value is -8.14. The first-order valence-corrected chi connectivity index (χ1v) is 21.6. The Morgan fingerprint density at radius 2 is 0.619 bits per heavy atom. The molecule has 63 heavy (non-hydrogen) atoms. The van der Waals surface area contributed by atoms with Crippen molar-refractivity contribution in [2.75, 3.05) is 14.7 Å². The SMILES string of the molecule is Cc1cccc(N(c2ccccc2)c2cc(N(c3ccc(-c4ccccc4)c(N(c4ccccc4)c4cccc(C)c4)c3)c3cccc4ccccc34)ccc2-c2ccccc2)c1. The summed E-state index contributed by atoms with van der Waals surface area (Å²) < 4.78 is 0. The van der Waals surface area contributed by atoms with Gasteiger partial charge >= 0.3 is 0 Å². The summed E-state index contributed by atoms with van der Waals surface area (Å²) in [6.07, 6.45) is 0. The van der Waals surface area contributed by atoms with Crippen LogP contribution in [0.25, 0.3) is 33.0 Å². The highest BCUT2D eigenvalue weighted by atomic mass is 15.2. The summed E-state index contributed by atoms with van der Waals surface area (Å²) in [5.74, 6) is 0. The molecule has 0 aromatic heterocycles. The third-order valence-corrected chi connectivity index (χ3v) is 11.7. The molecule has 0 fully saturated rings. The van der Waals surface area contributed by atoms with Gasteiger partial charge in [0.1, 0.15) is 0 Å². The molecule has 0 aliphatic carbocycles. The van der Waals surface area contributed by atoms with Crippen molar-refractivity contribution >= 4 is 62.0 Å². The smallest absolute Gasteiger partial charge is 0.0560 e. The van der Waals surface area contributed by atoms with E-state index in [2.05, 4.69) is 277 Å². The maximum atomic E-state index is 2.44. The maximum Gasteiger partial charge on any atom is 0.0560 e. The van der Waals surface area contributed by atoms with Crippen LogP contribution in [0.1, 0.15) is 11.1 Å². The molecule has 0 N–H and O–H groups in total. The summed E-state index contributed by atoms with van der Waals surface area (Å²) in [7, 11) is 0. The number of benzene rings is 10. The van der Waals surface area contributed by atoms with Gasteiger partial charge in [0.15, 0.2) is 0 Å². The second kappa shape index (κ2) is 17.5. The minimum atomic E-state index is 1.04. The molecule has 0 atom stereocenters. The summed E-state index contributed by atoms with van der Waals surface area (Å²) in [6, 6.07) is 89.8. The van der Waals surface area contributed by atoms with Gasteiger partial charge in [-0.2, -0.15) is 0 Å². The number of rotatable bonds is 11. The summed E-state index contributed by atoms with van der Waals surface area (Å²) in [5.41, 5.74) is 16.6. The van der Waals surface area contributed by atoms with E-state index in [1.165, 1.54) is 21.9 Å². The van der Waals surface area contributed by atoms with Gasteiger partial charge in [0.2, 0.25) is 0 Å². The molecule has 10 aromatic carbocycles. The quantitative estimate of drug-likeness (QED) is 0.129. The van der Waals surface area contributed by atoms with Gasteiger partial charge in [-0.1, -0.05) is 170 Å². The molecular formula is C60H47N3. The molecule has 0 heterocycles. The number of para-hydroxylation sites is 2. The number of hydrogen-bond donors (Lipinski definition) is 0. The summed E-state index contributed by atoms with van der Waals surface area (Å²) >= 11 is 0. The highest BCUT2D eigenvalue weighted by Gasteiger charge is 2.25. The molecule has 10 aromatic rings. The lowest BCUT2D eigenvalue weighted by atomic mass is 9.98. The van der Waals surface area contributed by atoms with E-state index in [0.717, 1.165) is 73.4 Å². The van der Waals surface area contributed by atoms with Crippen LogP contribution in [0.3, 0.4) is 0 Å². The maximum absolute atomic E-state index is 2.44. The highest BCUT2D eigenvalue weighted by molar-refractivity contribution is 6.01. The van der Waals surface area contributed by atoms with Crippen molar-refractivity contribution in [2.24, 2.45) is 0 Å². The van der Waals surface area contributed by atoms with Crippen LogP contribution < -0.4 is 14.7 Å². The van der Waals surface area contributed by atoms with Gasteiger partial charge in [-0.05, 0) is 120 Å². The van der Waals surface area contributed by atoms with Crippen molar-refractivity contribution in [1.82, 2.24) is 0 Å². The molecule has 0 bridgehead atoms. The topological polar surface area (TPSA) is 9.72 Å². The lowest BCUT2D eigenvalue weighted by Crippen LogP contribution is -2.16. The number of hydrogen-bond acceptors (Lipinski definition) is 3. The summed E-state index contributed by atoms with van der Waals surface area (Å²) in [6.45, 7) is 4.32. The van der Waals surface area contributed by atoms with E-state index in [1.807, 2.05) is 0 Å². The number of anilines is 9. The fourth-order valence-corrected chi connectivity index (χ4v) is 8.79. The largest absolute Gasteiger partial charge is 0.310 e. The molecule has 0 unspecified atom stereocenters. The Balaban J connectivity index is 1.27. The first kappa shape index (κ1) is 39.0. The Kier molecular flexibility index (Phi) is 10.8. The van der Waals surface area contributed by atoms with Gasteiger partial charge in [-0.3, -0.25) is 0 Å². The third kappa shape index (κ3) is 7.96. The van der Waals surface area contributed by atoms with Gasteiger partial charge in [0.25, 0.3) is 0 Å². The fourth-order valence-electron chi connectivity index (χ4n) is 8.79. The molecule has 0 spiro atoms. The van der Waals surface area contributed by atoms with Crippen LogP contribution >= 0.6 is 0 Å². The van der Waals surface area contributed by atoms with Crippen molar-refractivity contribution < 1.29 is 0 Å². The second-order valence-corrected chi connectivity index (χ2v) is 16.0. The predicted molar refractivity (Wildman–Crippen MR) is 268 cm³/mol. The molecule has 0 aliphatic heterocycles.